The normalized spacial score (nSPS) is 16.6. The van der Waals surface area contributed by atoms with Gasteiger partial charge in [0.15, 0.2) is 14.6 Å². The minimum atomic E-state index is -3.98. The van der Waals surface area contributed by atoms with Gasteiger partial charge in [0, 0.05) is 10.0 Å². The van der Waals surface area contributed by atoms with Gasteiger partial charge in [-0.25, -0.2) is 21.7 Å². The van der Waals surface area contributed by atoms with Crippen molar-refractivity contribution in [1.82, 2.24) is 4.72 Å². The molecule has 0 amide bonds. The Balaban J connectivity index is 3.56. The fraction of sp³-hybridized carbons (Fsp3) is 0.588. The lowest BCUT2D eigenvalue weighted by atomic mass is 9.95. The first-order valence-electron chi connectivity index (χ1n) is 7.84. The average Bonchev–Trinajstić information content (AvgIpc) is 2.47. The van der Waals surface area contributed by atoms with Crippen LogP contribution in [0.15, 0.2) is 22.7 Å². The van der Waals surface area contributed by atoms with Crippen molar-refractivity contribution in [1.29, 1.82) is 5.26 Å². The van der Waals surface area contributed by atoms with E-state index in [0.29, 0.717) is 4.47 Å². The molecule has 9 heteroatoms. The number of nitriles is 1. The van der Waals surface area contributed by atoms with Crippen molar-refractivity contribution in [3.05, 3.63) is 34.1 Å². The van der Waals surface area contributed by atoms with Crippen molar-refractivity contribution < 1.29 is 17.0 Å². The summed E-state index contributed by atoms with van der Waals surface area (Å²) in [5.74, 6) is -1.21. The fourth-order valence-corrected chi connectivity index (χ4v) is 4.91. The molecule has 0 bridgehead atoms. The first-order valence-corrected chi connectivity index (χ1v) is 11.4. The lowest BCUT2D eigenvalue weighted by molar-refractivity contribution is 0.448. The summed E-state index contributed by atoms with van der Waals surface area (Å²) >= 11 is 3.26. The Morgan fingerprint density at radius 1 is 1.23 bits per heavy atom. The molecule has 0 saturated carbocycles. The molecule has 0 aliphatic heterocycles. The topological polar surface area (TPSA) is 87.0 Å². The van der Waals surface area contributed by atoms with Crippen molar-refractivity contribution in [3.8, 4) is 6.07 Å². The number of halogens is 2. The molecule has 0 spiro atoms. The SMILES string of the molecule is CC(C)(C)[S@](=O)N[C@](C)(CS(=O)(=O)C(C)(C)C#N)c1cc(Br)ccc1F. The Morgan fingerprint density at radius 3 is 2.23 bits per heavy atom. The standard InChI is InChI=1S/C17H24BrFN2O3S2/c1-15(2,3)25(22)21-17(6,11-26(23,24)16(4,5)10-20)13-9-12(18)7-8-14(13)19/h7-9,21H,11H2,1-6H3/t17-,25+/m1/s1. The minimum absolute atomic E-state index is 0.0572. The highest BCUT2D eigenvalue weighted by molar-refractivity contribution is 9.10. The highest BCUT2D eigenvalue weighted by atomic mass is 79.9. The van der Waals surface area contributed by atoms with Crippen molar-refractivity contribution in [3.63, 3.8) is 0 Å². The van der Waals surface area contributed by atoms with E-state index in [4.69, 9.17) is 0 Å². The molecule has 0 aromatic heterocycles. The van der Waals surface area contributed by atoms with Gasteiger partial charge in [-0.3, -0.25) is 0 Å². The van der Waals surface area contributed by atoms with Gasteiger partial charge in [0.2, 0.25) is 0 Å². The van der Waals surface area contributed by atoms with Gasteiger partial charge >= 0.3 is 0 Å². The molecule has 0 saturated heterocycles. The van der Waals surface area contributed by atoms with Crippen LogP contribution in [-0.2, 0) is 26.4 Å². The lowest BCUT2D eigenvalue weighted by Gasteiger charge is -2.35. The van der Waals surface area contributed by atoms with Crippen LogP contribution in [0.1, 0.15) is 47.1 Å². The largest absolute Gasteiger partial charge is 0.242 e. The molecule has 0 radical (unpaired) electrons. The molecule has 0 unspecified atom stereocenters. The number of hydrogen-bond acceptors (Lipinski definition) is 4. The van der Waals surface area contributed by atoms with Crippen LogP contribution in [0.2, 0.25) is 0 Å². The zero-order chi connectivity index (χ0) is 20.6. The van der Waals surface area contributed by atoms with E-state index in [2.05, 4.69) is 20.7 Å². The summed E-state index contributed by atoms with van der Waals surface area (Å²) in [5.41, 5.74) is -1.44. The van der Waals surface area contributed by atoms with E-state index in [1.165, 1.54) is 39.0 Å². The van der Waals surface area contributed by atoms with E-state index in [-0.39, 0.29) is 5.56 Å². The molecule has 1 aromatic rings. The van der Waals surface area contributed by atoms with E-state index < -0.39 is 47.4 Å². The smallest absolute Gasteiger partial charge is 0.170 e. The number of hydrogen-bond donors (Lipinski definition) is 1. The van der Waals surface area contributed by atoms with Gasteiger partial charge in [0.05, 0.1) is 33.1 Å². The van der Waals surface area contributed by atoms with Crippen molar-refractivity contribution in [2.24, 2.45) is 0 Å². The molecule has 0 aliphatic carbocycles. The average molecular weight is 467 g/mol. The molecule has 5 nitrogen and oxygen atoms in total. The number of rotatable bonds is 6. The van der Waals surface area contributed by atoms with Gasteiger partial charge < -0.3 is 0 Å². The molecule has 1 N–H and O–H groups in total. The molecule has 2 atom stereocenters. The number of benzene rings is 1. The number of nitrogens with one attached hydrogen (secondary N) is 1. The van der Waals surface area contributed by atoms with Crippen LogP contribution in [0.25, 0.3) is 0 Å². The third-order valence-corrected chi connectivity index (χ3v) is 8.77. The van der Waals surface area contributed by atoms with Gasteiger partial charge in [-0.2, -0.15) is 5.26 Å². The summed E-state index contributed by atoms with van der Waals surface area (Å²) in [6.07, 6.45) is 0. The zero-order valence-corrected chi connectivity index (χ0v) is 18.9. The van der Waals surface area contributed by atoms with Crippen LogP contribution in [0.4, 0.5) is 4.39 Å². The van der Waals surface area contributed by atoms with Crippen LogP contribution < -0.4 is 4.72 Å². The molecule has 146 valence electrons. The summed E-state index contributed by atoms with van der Waals surface area (Å²) in [6.45, 7) is 9.23. The lowest BCUT2D eigenvalue weighted by Crippen LogP contribution is -2.52. The molecule has 1 aromatic carbocycles. The highest BCUT2D eigenvalue weighted by Gasteiger charge is 2.44. The van der Waals surface area contributed by atoms with E-state index in [1.807, 2.05) is 0 Å². The molecular formula is C17H24BrFN2O3S2. The zero-order valence-electron chi connectivity index (χ0n) is 15.7. The van der Waals surface area contributed by atoms with E-state index in [9.17, 15) is 22.3 Å². The quantitative estimate of drug-likeness (QED) is 0.693. The Hall–Kier alpha value is -0.820. The predicted octanol–water partition coefficient (Wildman–Crippen LogP) is 3.57. The maximum atomic E-state index is 14.5. The summed E-state index contributed by atoms with van der Waals surface area (Å²) < 4.78 is 53.8. The molecule has 0 aliphatic rings. The molecular weight excluding hydrogens is 443 g/mol. The third-order valence-electron chi connectivity index (χ3n) is 3.92. The molecule has 26 heavy (non-hydrogen) atoms. The van der Waals surface area contributed by atoms with Crippen LogP contribution in [0.3, 0.4) is 0 Å². The summed E-state index contributed by atoms with van der Waals surface area (Å²) in [7, 11) is -5.64. The van der Waals surface area contributed by atoms with Crippen LogP contribution >= 0.6 is 15.9 Å². The van der Waals surface area contributed by atoms with Crippen molar-refractivity contribution in [2.45, 2.75) is 56.6 Å². The van der Waals surface area contributed by atoms with Gasteiger partial charge in [-0.05, 0) is 59.7 Å². The number of nitrogens with zero attached hydrogens (tertiary/aromatic N) is 1. The maximum absolute atomic E-state index is 14.5. The predicted molar refractivity (Wildman–Crippen MR) is 106 cm³/mol. The first kappa shape index (κ1) is 23.2. The van der Waals surface area contributed by atoms with Crippen molar-refractivity contribution in [2.75, 3.05) is 5.75 Å². The summed E-state index contributed by atoms with van der Waals surface area (Å²) in [5, 5.41) is 9.22. The second-order valence-corrected chi connectivity index (χ2v) is 13.2. The van der Waals surface area contributed by atoms with E-state index in [1.54, 1.807) is 26.8 Å². The van der Waals surface area contributed by atoms with E-state index in [0.717, 1.165) is 0 Å². The van der Waals surface area contributed by atoms with Gasteiger partial charge in [0.1, 0.15) is 5.82 Å². The first-order chi connectivity index (χ1) is 11.6. The van der Waals surface area contributed by atoms with Crippen LogP contribution in [-0.4, -0.2) is 27.9 Å². The Morgan fingerprint density at radius 2 is 1.77 bits per heavy atom. The van der Waals surface area contributed by atoms with Gasteiger partial charge in [-0.1, -0.05) is 15.9 Å². The second-order valence-electron chi connectivity index (χ2n) is 7.82. The summed E-state index contributed by atoms with van der Waals surface area (Å²) in [4.78, 5) is 0. The van der Waals surface area contributed by atoms with Crippen molar-refractivity contribution >= 4 is 36.8 Å². The van der Waals surface area contributed by atoms with Gasteiger partial charge in [-0.15, -0.1) is 0 Å². The van der Waals surface area contributed by atoms with Gasteiger partial charge in [0.25, 0.3) is 0 Å². The third kappa shape index (κ3) is 5.12. The monoisotopic (exact) mass is 466 g/mol. The van der Waals surface area contributed by atoms with E-state index >= 15 is 0 Å². The Kier molecular flexibility index (Phi) is 6.84. The summed E-state index contributed by atoms with van der Waals surface area (Å²) in [6, 6.07) is 5.93. The highest BCUT2D eigenvalue weighted by Crippen LogP contribution is 2.32. The minimum Gasteiger partial charge on any atom is -0.242 e. The maximum Gasteiger partial charge on any atom is 0.170 e. The van der Waals surface area contributed by atoms with Crippen LogP contribution in [0.5, 0.6) is 0 Å². The molecule has 0 heterocycles. The molecule has 1 rings (SSSR count). The van der Waals surface area contributed by atoms with Crippen LogP contribution in [0, 0.1) is 17.1 Å². The Labute approximate surface area is 166 Å². The molecule has 0 fully saturated rings. The Bertz CT molecular complexity index is 858. The second kappa shape index (κ2) is 7.66. The fourth-order valence-electron chi connectivity index (χ4n) is 2.07. The number of sulfone groups is 1.